The Bertz CT molecular complexity index is 641. The van der Waals surface area contributed by atoms with Gasteiger partial charge in [-0.05, 0) is 18.2 Å². The van der Waals surface area contributed by atoms with Crippen LogP contribution in [0.2, 0.25) is 0 Å². The molecule has 5 nitrogen and oxygen atoms in total. The fourth-order valence-corrected chi connectivity index (χ4v) is 1.72. The Morgan fingerprint density at radius 3 is 2.24 bits per heavy atom. The van der Waals surface area contributed by atoms with E-state index in [4.69, 9.17) is 15.3 Å². The van der Waals surface area contributed by atoms with Crippen LogP contribution in [0, 0.1) is 0 Å². The van der Waals surface area contributed by atoms with E-state index in [0.717, 1.165) is 0 Å². The lowest BCUT2D eigenvalue weighted by atomic mass is 10.1. The smallest absolute Gasteiger partial charge is 0.416 e. The maximum absolute atomic E-state index is 11.9. The molecule has 0 saturated heterocycles. The van der Waals surface area contributed by atoms with Gasteiger partial charge in [-0.25, -0.2) is 0 Å². The van der Waals surface area contributed by atoms with Gasteiger partial charge >= 0.3 is 6.16 Å². The Morgan fingerprint density at radius 2 is 1.57 bits per heavy atom. The first-order chi connectivity index (χ1) is 9.96. The summed E-state index contributed by atoms with van der Waals surface area (Å²) in [5, 5.41) is 26.5. The van der Waals surface area contributed by atoms with Crippen LogP contribution in [0.5, 0.6) is 5.75 Å². The van der Waals surface area contributed by atoms with Crippen molar-refractivity contribution >= 4 is 11.9 Å². The third-order valence-electron chi connectivity index (χ3n) is 2.64. The molecule has 0 amide bonds. The van der Waals surface area contributed by atoms with Crippen molar-refractivity contribution < 1.29 is 24.9 Å². The molecule has 0 saturated carbocycles. The van der Waals surface area contributed by atoms with Crippen LogP contribution in [-0.4, -0.2) is 27.3 Å². The minimum Gasteiger partial charge on any atom is -0.416 e. The number of ether oxygens (including phenoxy) is 1. The largest absolute Gasteiger partial charge is 0.453 e. The molecule has 0 aliphatic carbocycles. The van der Waals surface area contributed by atoms with E-state index in [1.165, 1.54) is 18.2 Å². The molecule has 5 heteroatoms. The van der Waals surface area contributed by atoms with Gasteiger partial charge in [0, 0.05) is 11.1 Å². The lowest BCUT2D eigenvalue weighted by molar-refractivity contribution is -0.419. The second-order valence-electron chi connectivity index (χ2n) is 4.28. The molecule has 0 heterocycles. The van der Waals surface area contributed by atoms with Gasteiger partial charge < -0.3 is 20.1 Å². The molecule has 0 aliphatic heterocycles. The van der Waals surface area contributed by atoms with Crippen LogP contribution in [0.15, 0.2) is 60.7 Å². The quantitative estimate of drug-likeness (QED) is 0.441. The summed E-state index contributed by atoms with van der Waals surface area (Å²) in [6.45, 7) is 0. The first-order valence-electron chi connectivity index (χ1n) is 6.18. The second-order valence-corrected chi connectivity index (χ2v) is 4.28. The van der Waals surface area contributed by atoms with E-state index in [-0.39, 0.29) is 11.5 Å². The Hall–Kier alpha value is -2.47. The molecule has 2 aromatic rings. The van der Waals surface area contributed by atoms with E-state index in [9.17, 15) is 4.79 Å². The van der Waals surface area contributed by atoms with E-state index in [2.05, 4.69) is 4.74 Å². The molecule has 21 heavy (non-hydrogen) atoms. The summed E-state index contributed by atoms with van der Waals surface area (Å²) in [6, 6.07) is 15.0. The van der Waals surface area contributed by atoms with Gasteiger partial charge in [-0.15, -0.1) is 0 Å². The number of carbonyl (C=O) groups excluding carboxylic acids is 1. The lowest BCUT2D eigenvalue weighted by Gasteiger charge is -2.16. The van der Waals surface area contributed by atoms with Crippen LogP contribution in [-0.2, 0) is 0 Å². The van der Waals surface area contributed by atoms with Crippen LogP contribution >= 0.6 is 0 Å². The van der Waals surface area contributed by atoms with Crippen LogP contribution in [0.3, 0.4) is 0 Å². The number of hydrogen-bond acceptors (Lipinski definition) is 5. The summed E-state index contributed by atoms with van der Waals surface area (Å²) < 4.78 is 4.57. The van der Waals surface area contributed by atoms with Crippen molar-refractivity contribution in [2.45, 2.75) is 6.16 Å². The van der Waals surface area contributed by atoms with Gasteiger partial charge in [-0.2, -0.15) is 0 Å². The van der Waals surface area contributed by atoms with Gasteiger partial charge in [0.05, 0.1) is 0 Å². The van der Waals surface area contributed by atoms with E-state index in [1.54, 1.807) is 42.5 Å². The summed E-state index contributed by atoms with van der Waals surface area (Å²) in [7, 11) is 0. The van der Waals surface area contributed by atoms with Crippen molar-refractivity contribution in [3.05, 3.63) is 71.8 Å². The predicted molar refractivity (Wildman–Crippen MR) is 76.3 cm³/mol. The zero-order valence-corrected chi connectivity index (χ0v) is 11.0. The van der Waals surface area contributed by atoms with Crippen molar-refractivity contribution in [2.24, 2.45) is 0 Å². The van der Waals surface area contributed by atoms with Crippen molar-refractivity contribution in [1.29, 1.82) is 0 Å². The van der Waals surface area contributed by atoms with E-state index >= 15 is 0 Å². The topological polar surface area (TPSA) is 87.0 Å². The summed E-state index contributed by atoms with van der Waals surface area (Å²) >= 11 is 0. The first kappa shape index (κ1) is 14.9. The standard InChI is InChI=1S/C16H14O5/c17-14(12-6-2-1-3-7-12)11-10-13-8-4-5-9-15(13)21-16(18,19)20/h1-11,18-20H. The number of allylic oxidation sites excluding steroid dienone is 1. The third kappa shape index (κ3) is 4.54. The monoisotopic (exact) mass is 286 g/mol. The Morgan fingerprint density at radius 1 is 0.952 bits per heavy atom. The SMILES string of the molecule is O=C(C=Cc1ccccc1OC(O)(O)O)c1ccccc1. The van der Waals surface area contributed by atoms with Gasteiger partial charge in [0.15, 0.2) is 5.78 Å². The van der Waals surface area contributed by atoms with E-state index < -0.39 is 6.16 Å². The number of rotatable bonds is 5. The van der Waals surface area contributed by atoms with Gasteiger partial charge in [-0.3, -0.25) is 4.79 Å². The fourth-order valence-electron chi connectivity index (χ4n) is 1.72. The van der Waals surface area contributed by atoms with Crippen molar-refractivity contribution in [2.75, 3.05) is 0 Å². The number of aliphatic hydroxyl groups is 3. The molecular weight excluding hydrogens is 272 g/mol. The molecule has 0 unspecified atom stereocenters. The first-order valence-corrected chi connectivity index (χ1v) is 6.18. The molecule has 3 N–H and O–H groups in total. The highest BCUT2D eigenvalue weighted by atomic mass is 16.9. The zero-order chi connectivity index (χ0) is 15.3. The maximum Gasteiger partial charge on any atom is 0.453 e. The summed E-state index contributed by atoms with van der Waals surface area (Å²) in [4.78, 5) is 11.9. The summed E-state index contributed by atoms with van der Waals surface area (Å²) in [5.74, 6) is -0.171. The molecule has 2 rings (SSSR count). The number of para-hydroxylation sites is 1. The van der Waals surface area contributed by atoms with E-state index in [0.29, 0.717) is 11.1 Å². The Kier molecular flexibility index (Phi) is 4.49. The molecule has 0 fully saturated rings. The van der Waals surface area contributed by atoms with Gasteiger partial charge in [0.1, 0.15) is 5.75 Å². The minimum absolute atomic E-state index is 0.0297. The highest BCUT2D eigenvalue weighted by Gasteiger charge is 2.21. The average Bonchev–Trinajstić information content (AvgIpc) is 2.45. The molecule has 0 radical (unpaired) electrons. The van der Waals surface area contributed by atoms with Gasteiger partial charge in [0.2, 0.25) is 0 Å². The van der Waals surface area contributed by atoms with Crippen molar-refractivity contribution in [1.82, 2.24) is 0 Å². The van der Waals surface area contributed by atoms with Crippen LogP contribution < -0.4 is 4.74 Å². The second kappa shape index (κ2) is 6.32. The molecule has 0 spiro atoms. The highest BCUT2D eigenvalue weighted by molar-refractivity contribution is 6.06. The predicted octanol–water partition coefficient (Wildman–Crippen LogP) is 1.55. The number of carbonyl (C=O) groups is 1. The number of benzene rings is 2. The molecule has 0 bridgehead atoms. The third-order valence-corrected chi connectivity index (χ3v) is 2.64. The average molecular weight is 286 g/mol. The molecule has 0 aromatic heterocycles. The fraction of sp³-hybridized carbons (Fsp3) is 0.0625. The molecule has 108 valence electrons. The normalized spacial score (nSPS) is 11.6. The zero-order valence-electron chi connectivity index (χ0n) is 11.0. The number of hydrogen-bond donors (Lipinski definition) is 3. The van der Waals surface area contributed by atoms with E-state index in [1.807, 2.05) is 6.07 Å². The van der Waals surface area contributed by atoms with Crippen LogP contribution in [0.25, 0.3) is 6.08 Å². The molecule has 0 atom stereocenters. The molecular formula is C16H14O5. The number of ketones is 1. The Labute approximate surface area is 121 Å². The van der Waals surface area contributed by atoms with Crippen molar-refractivity contribution in [3.63, 3.8) is 0 Å². The molecule has 2 aromatic carbocycles. The minimum atomic E-state index is -3.27. The van der Waals surface area contributed by atoms with Gasteiger partial charge in [0.25, 0.3) is 0 Å². The van der Waals surface area contributed by atoms with Crippen molar-refractivity contribution in [3.8, 4) is 5.75 Å². The van der Waals surface area contributed by atoms with Crippen LogP contribution in [0.4, 0.5) is 0 Å². The molecule has 0 aliphatic rings. The maximum atomic E-state index is 11.9. The van der Waals surface area contributed by atoms with Crippen LogP contribution in [0.1, 0.15) is 15.9 Å². The lowest BCUT2D eigenvalue weighted by Crippen LogP contribution is -2.34. The summed E-state index contributed by atoms with van der Waals surface area (Å²) in [5.41, 5.74) is 0.955. The Balaban J connectivity index is 2.20. The summed E-state index contributed by atoms with van der Waals surface area (Å²) in [6.07, 6.45) is -0.463. The highest BCUT2D eigenvalue weighted by Crippen LogP contribution is 2.22. The van der Waals surface area contributed by atoms with Gasteiger partial charge in [-0.1, -0.05) is 48.5 Å².